The van der Waals surface area contributed by atoms with Crippen molar-refractivity contribution in [2.75, 3.05) is 0 Å². The van der Waals surface area contributed by atoms with E-state index in [1.54, 1.807) is 4.90 Å². The second-order valence-electron chi connectivity index (χ2n) is 7.45. The van der Waals surface area contributed by atoms with E-state index in [0.29, 0.717) is 6.54 Å². The summed E-state index contributed by atoms with van der Waals surface area (Å²) in [6.45, 7) is 7.33. The molecule has 0 bridgehead atoms. The summed E-state index contributed by atoms with van der Waals surface area (Å²) in [6, 6.07) is 16.0. The molecule has 1 unspecified atom stereocenters. The van der Waals surface area contributed by atoms with Gasteiger partial charge in [0.2, 0.25) is 5.91 Å². The first kappa shape index (κ1) is 18.0. The molecule has 5 heteroatoms. The fourth-order valence-corrected chi connectivity index (χ4v) is 3.19. The van der Waals surface area contributed by atoms with Gasteiger partial charge < -0.3 is 10.1 Å². The number of benzene rings is 2. The van der Waals surface area contributed by atoms with Crippen LogP contribution in [0.3, 0.4) is 0 Å². The zero-order chi connectivity index (χ0) is 18.9. The molecule has 1 N–H and O–H groups in total. The van der Waals surface area contributed by atoms with E-state index in [0.717, 1.165) is 22.3 Å². The van der Waals surface area contributed by atoms with E-state index in [1.165, 1.54) is 6.92 Å². The molecule has 5 nitrogen and oxygen atoms in total. The predicted molar refractivity (Wildman–Crippen MR) is 100 cm³/mol. The number of rotatable bonds is 2. The summed E-state index contributed by atoms with van der Waals surface area (Å²) in [5.41, 5.74) is 3.49. The minimum atomic E-state index is -0.602. The fourth-order valence-electron chi connectivity index (χ4n) is 3.19. The Balaban J connectivity index is 2.02. The molecule has 2 aromatic carbocycles. The van der Waals surface area contributed by atoms with Gasteiger partial charge in [-0.05, 0) is 37.5 Å². The van der Waals surface area contributed by atoms with Gasteiger partial charge in [-0.1, -0.05) is 48.5 Å². The lowest BCUT2D eigenvalue weighted by Gasteiger charge is -2.29. The van der Waals surface area contributed by atoms with Gasteiger partial charge in [-0.15, -0.1) is 0 Å². The van der Waals surface area contributed by atoms with Crippen LogP contribution in [-0.2, 0) is 16.1 Å². The Morgan fingerprint density at radius 1 is 1.08 bits per heavy atom. The zero-order valence-corrected chi connectivity index (χ0v) is 15.6. The molecule has 3 rings (SSSR count). The van der Waals surface area contributed by atoms with Crippen molar-refractivity contribution in [1.82, 2.24) is 10.2 Å². The van der Waals surface area contributed by atoms with Crippen LogP contribution >= 0.6 is 0 Å². The monoisotopic (exact) mass is 352 g/mol. The van der Waals surface area contributed by atoms with E-state index >= 15 is 0 Å². The van der Waals surface area contributed by atoms with Gasteiger partial charge in [0.15, 0.2) is 0 Å². The Morgan fingerprint density at radius 3 is 2.38 bits per heavy atom. The van der Waals surface area contributed by atoms with Crippen molar-refractivity contribution in [1.29, 1.82) is 0 Å². The van der Waals surface area contributed by atoms with Crippen molar-refractivity contribution in [3.8, 4) is 11.1 Å². The lowest BCUT2D eigenvalue weighted by molar-refractivity contribution is -0.120. The van der Waals surface area contributed by atoms with Crippen molar-refractivity contribution in [2.24, 2.45) is 0 Å². The topological polar surface area (TPSA) is 58.6 Å². The number of carbonyl (C=O) groups is 2. The molecular formula is C21H24N2O3. The first-order chi connectivity index (χ1) is 12.3. The predicted octanol–water partition coefficient (Wildman–Crippen LogP) is 4.24. The molecule has 2 amide bonds. The first-order valence-electron chi connectivity index (χ1n) is 8.70. The van der Waals surface area contributed by atoms with Gasteiger partial charge in [-0.2, -0.15) is 0 Å². The standard InChI is InChI=1S/C21H24N2O3/c1-14(24)22-19-17-12-8-11-16(15-9-6-5-7-10-15)18(17)13-23(19)20(25)26-21(2,3)4/h5-12,19H,13H2,1-4H3,(H,22,24). The van der Waals surface area contributed by atoms with E-state index < -0.39 is 17.9 Å². The quantitative estimate of drug-likeness (QED) is 0.879. The molecular weight excluding hydrogens is 328 g/mol. The first-order valence-corrected chi connectivity index (χ1v) is 8.70. The Bertz CT molecular complexity index is 825. The lowest BCUT2D eigenvalue weighted by atomic mass is 9.96. The van der Waals surface area contributed by atoms with Crippen molar-refractivity contribution in [3.05, 3.63) is 59.7 Å². The summed E-state index contributed by atoms with van der Waals surface area (Å²) in [5.74, 6) is -0.193. The molecule has 2 aromatic rings. The third-order valence-electron chi connectivity index (χ3n) is 4.20. The highest BCUT2D eigenvalue weighted by Gasteiger charge is 2.37. The summed E-state index contributed by atoms with van der Waals surface area (Å²) in [6.07, 6.45) is -0.965. The maximum atomic E-state index is 12.7. The summed E-state index contributed by atoms with van der Waals surface area (Å²) in [7, 11) is 0. The molecule has 0 radical (unpaired) electrons. The second-order valence-corrected chi connectivity index (χ2v) is 7.45. The van der Waals surface area contributed by atoms with Crippen LogP contribution in [0.4, 0.5) is 4.79 Å². The summed E-state index contributed by atoms with van der Waals surface area (Å²) < 4.78 is 5.55. The van der Waals surface area contributed by atoms with Gasteiger partial charge in [-0.3, -0.25) is 9.69 Å². The van der Waals surface area contributed by atoms with Crippen molar-refractivity contribution >= 4 is 12.0 Å². The van der Waals surface area contributed by atoms with E-state index in [-0.39, 0.29) is 5.91 Å². The van der Waals surface area contributed by atoms with Crippen LogP contribution in [0, 0.1) is 0 Å². The van der Waals surface area contributed by atoms with E-state index in [2.05, 4.69) is 5.32 Å². The molecule has 0 saturated heterocycles. The average molecular weight is 352 g/mol. The van der Waals surface area contributed by atoms with Crippen molar-refractivity contribution in [3.63, 3.8) is 0 Å². The Kier molecular flexibility index (Phi) is 4.72. The van der Waals surface area contributed by atoms with Crippen LogP contribution in [-0.4, -0.2) is 22.5 Å². The Labute approximate surface area is 154 Å². The molecule has 0 aromatic heterocycles. The van der Waals surface area contributed by atoms with Crippen LogP contribution in [0.5, 0.6) is 0 Å². The number of hydrogen-bond acceptors (Lipinski definition) is 3. The lowest BCUT2D eigenvalue weighted by Crippen LogP contribution is -2.42. The third-order valence-corrected chi connectivity index (χ3v) is 4.20. The third kappa shape index (κ3) is 3.72. The van der Waals surface area contributed by atoms with Crippen LogP contribution < -0.4 is 5.32 Å². The molecule has 1 aliphatic heterocycles. The normalized spacial score (nSPS) is 16.2. The highest BCUT2D eigenvalue weighted by molar-refractivity contribution is 5.78. The van der Waals surface area contributed by atoms with Crippen LogP contribution in [0.15, 0.2) is 48.5 Å². The van der Waals surface area contributed by atoms with Gasteiger partial charge >= 0.3 is 6.09 Å². The smallest absolute Gasteiger partial charge is 0.412 e. The molecule has 26 heavy (non-hydrogen) atoms. The number of fused-ring (bicyclic) bond motifs is 1. The fraction of sp³-hybridized carbons (Fsp3) is 0.333. The molecule has 136 valence electrons. The minimum absolute atomic E-state index is 0.193. The molecule has 0 saturated carbocycles. The molecule has 1 heterocycles. The molecule has 1 atom stereocenters. The molecule has 1 aliphatic rings. The van der Waals surface area contributed by atoms with Gasteiger partial charge in [0, 0.05) is 12.5 Å². The summed E-state index contributed by atoms with van der Waals surface area (Å²) >= 11 is 0. The minimum Gasteiger partial charge on any atom is -0.444 e. The Morgan fingerprint density at radius 2 is 1.77 bits per heavy atom. The molecule has 0 spiro atoms. The largest absolute Gasteiger partial charge is 0.444 e. The summed E-state index contributed by atoms with van der Waals surface area (Å²) in [4.78, 5) is 26.0. The van der Waals surface area contributed by atoms with Gasteiger partial charge in [0.1, 0.15) is 11.8 Å². The van der Waals surface area contributed by atoms with Crippen LogP contribution in [0.1, 0.15) is 45.0 Å². The van der Waals surface area contributed by atoms with Crippen LogP contribution in [0.25, 0.3) is 11.1 Å². The summed E-state index contributed by atoms with van der Waals surface area (Å²) in [5, 5.41) is 2.88. The SMILES string of the molecule is CC(=O)NC1c2cccc(-c3ccccc3)c2CN1C(=O)OC(C)(C)C. The van der Waals surface area contributed by atoms with Gasteiger partial charge in [0.25, 0.3) is 0 Å². The molecule has 0 fully saturated rings. The number of nitrogens with one attached hydrogen (secondary N) is 1. The maximum absolute atomic E-state index is 12.7. The highest BCUT2D eigenvalue weighted by atomic mass is 16.6. The number of amides is 2. The second kappa shape index (κ2) is 6.83. The number of nitrogens with zero attached hydrogens (tertiary/aromatic N) is 1. The molecule has 0 aliphatic carbocycles. The van der Waals surface area contributed by atoms with Crippen molar-refractivity contribution in [2.45, 2.75) is 46.0 Å². The van der Waals surface area contributed by atoms with Crippen molar-refractivity contribution < 1.29 is 14.3 Å². The van der Waals surface area contributed by atoms with Crippen LogP contribution in [0.2, 0.25) is 0 Å². The van der Waals surface area contributed by atoms with E-state index in [1.807, 2.05) is 69.3 Å². The van der Waals surface area contributed by atoms with E-state index in [9.17, 15) is 9.59 Å². The average Bonchev–Trinajstić information content (AvgIpc) is 2.92. The maximum Gasteiger partial charge on any atom is 0.412 e. The number of hydrogen-bond donors (Lipinski definition) is 1. The van der Waals surface area contributed by atoms with E-state index in [4.69, 9.17) is 4.74 Å². The van der Waals surface area contributed by atoms with Gasteiger partial charge in [-0.25, -0.2) is 4.79 Å². The highest BCUT2D eigenvalue weighted by Crippen LogP contribution is 2.38. The number of ether oxygens (including phenoxy) is 1. The number of carbonyl (C=O) groups excluding carboxylic acids is 2. The zero-order valence-electron chi connectivity index (χ0n) is 15.6. The Hall–Kier alpha value is -2.82. The van der Waals surface area contributed by atoms with Gasteiger partial charge in [0.05, 0.1) is 6.54 Å².